The number of Topliss-reactive ketones (excluding diaryl/α,β-unsaturated/α-hetero) is 2. The number of ketones is 2. The topological polar surface area (TPSA) is 127 Å². The fourth-order valence-corrected chi connectivity index (χ4v) is 5.01. The third-order valence-electron chi connectivity index (χ3n) is 5.21. The molecule has 2 aromatic heterocycles. The molecule has 10 heteroatoms. The lowest BCUT2D eigenvalue weighted by Gasteiger charge is -2.26. The number of carbonyl (C=O) groups excluding carboxylic acids is 4. The second-order valence-corrected chi connectivity index (χ2v) is 8.52. The summed E-state index contributed by atoms with van der Waals surface area (Å²) in [4.78, 5) is 50.3. The lowest BCUT2D eigenvalue weighted by molar-refractivity contribution is -0.142. The molecule has 0 spiro atoms. The molecule has 0 fully saturated rings. The van der Waals surface area contributed by atoms with Crippen LogP contribution in [0.3, 0.4) is 0 Å². The third kappa shape index (κ3) is 4.51. The maximum atomic E-state index is 13.2. The molecule has 32 heavy (non-hydrogen) atoms. The van der Waals surface area contributed by atoms with Crippen LogP contribution in [-0.4, -0.2) is 47.9 Å². The normalized spacial score (nSPS) is 16.2. The molecule has 1 aliphatic rings. The summed E-state index contributed by atoms with van der Waals surface area (Å²) in [6.45, 7) is 0. The summed E-state index contributed by atoms with van der Waals surface area (Å²) in [5.74, 6) is -7.00. The van der Waals surface area contributed by atoms with Crippen molar-refractivity contribution >= 4 is 46.2 Å². The Morgan fingerprint density at radius 2 is 1.19 bits per heavy atom. The standard InChI is InChI=1S/C22H20O8S2/c1-29-15(23)7-13(11-3-5-31-9-11)17-19(25)21(27)18(22(28)20(17)26)14(8-16(24)30-2)12-4-6-32-10-12/h3-6,9-10,13-14,25,28H,7-8H2,1-2H3/t13-,14-/m0/s1. The van der Waals surface area contributed by atoms with Gasteiger partial charge in [0.1, 0.15) is 0 Å². The maximum absolute atomic E-state index is 13.2. The van der Waals surface area contributed by atoms with Gasteiger partial charge in [-0.25, -0.2) is 0 Å². The van der Waals surface area contributed by atoms with Crippen molar-refractivity contribution in [1.29, 1.82) is 0 Å². The van der Waals surface area contributed by atoms with E-state index in [1.165, 1.54) is 36.9 Å². The SMILES string of the molecule is COC(=O)C[C@H](C1=C(O)C(=O)C([C@@H](CC(=O)OC)c2ccsc2)=C(O)C1=O)c1ccsc1. The molecule has 2 N–H and O–H groups in total. The van der Waals surface area contributed by atoms with Crippen LogP contribution in [0.5, 0.6) is 0 Å². The number of allylic oxidation sites excluding steroid dienone is 2. The van der Waals surface area contributed by atoms with E-state index >= 15 is 0 Å². The quantitative estimate of drug-likeness (QED) is 0.437. The molecule has 2 heterocycles. The van der Waals surface area contributed by atoms with E-state index < -0.39 is 46.9 Å². The molecule has 0 aliphatic heterocycles. The Labute approximate surface area is 191 Å². The number of methoxy groups -OCH3 is 2. The van der Waals surface area contributed by atoms with Crippen LogP contribution in [-0.2, 0) is 28.7 Å². The predicted octanol–water partition coefficient (Wildman–Crippen LogP) is 3.58. The van der Waals surface area contributed by atoms with Gasteiger partial charge in [0.25, 0.3) is 0 Å². The van der Waals surface area contributed by atoms with Gasteiger partial charge in [-0.05, 0) is 44.8 Å². The van der Waals surface area contributed by atoms with Gasteiger partial charge in [0.15, 0.2) is 11.5 Å². The molecular weight excluding hydrogens is 456 g/mol. The highest BCUT2D eigenvalue weighted by atomic mass is 32.1. The van der Waals surface area contributed by atoms with Gasteiger partial charge in [0, 0.05) is 11.8 Å². The molecular formula is C22H20O8S2. The van der Waals surface area contributed by atoms with Gasteiger partial charge in [-0.2, -0.15) is 22.7 Å². The molecule has 0 saturated carbocycles. The van der Waals surface area contributed by atoms with Crippen LogP contribution < -0.4 is 0 Å². The van der Waals surface area contributed by atoms with Crippen LogP contribution in [0.2, 0.25) is 0 Å². The molecule has 0 bridgehead atoms. The second-order valence-electron chi connectivity index (χ2n) is 6.96. The van der Waals surface area contributed by atoms with Crippen LogP contribution in [0.25, 0.3) is 0 Å². The number of hydrogen-bond donors (Lipinski definition) is 2. The van der Waals surface area contributed by atoms with Crippen molar-refractivity contribution in [2.24, 2.45) is 0 Å². The van der Waals surface area contributed by atoms with Crippen LogP contribution in [0, 0.1) is 0 Å². The Balaban J connectivity index is 2.09. The van der Waals surface area contributed by atoms with Crippen molar-refractivity contribution in [3.8, 4) is 0 Å². The van der Waals surface area contributed by atoms with Crippen molar-refractivity contribution in [1.82, 2.24) is 0 Å². The smallest absolute Gasteiger partial charge is 0.306 e. The number of esters is 2. The van der Waals surface area contributed by atoms with Crippen LogP contribution in [0.15, 0.2) is 56.3 Å². The summed E-state index contributed by atoms with van der Waals surface area (Å²) in [6, 6.07) is 3.30. The number of ether oxygens (including phenoxy) is 2. The first-order chi connectivity index (χ1) is 15.3. The van der Waals surface area contributed by atoms with Crippen molar-refractivity contribution in [3.05, 3.63) is 67.4 Å². The number of thiophene rings is 2. The number of aliphatic hydroxyl groups excluding tert-OH is 2. The summed E-state index contributed by atoms with van der Waals surface area (Å²) in [5.41, 5.74) is 0.260. The van der Waals surface area contributed by atoms with Gasteiger partial charge in [-0.3, -0.25) is 19.2 Å². The summed E-state index contributed by atoms with van der Waals surface area (Å²) < 4.78 is 9.39. The Hall–Kier alpha value is -3.24. The van der Waals surface area contributed by atoms with E-state index in [1.807, 2.05) is 0 Å². The summed E-state index contributed by atoms with van der Waals surface area (Å²) in [6.07, 6.45) is -0.630. The molecule has 168 valence electrons. The highest BCUT2D eigenvalue weighted by Crippen LogP contribution is 2.41. The molecule has 0 aromatic carbocycles. The van der Waals surface area contributed by atoms with Crippen molar-refractivity contribution in [2.75, 3.05) is 14.2 Å². The lowest BCUT2D eigenvalue weighted by Crippen LogP contribution is -2.31. The zero-order valence-corrected chi connectivity index (χ0v) is 18.8. The first-order valence-corrected chi connectivity index (χ1v) is 11.3. The second kappa shape index (κ2) is 9.92. The number of carbonyl (C=O) groups is 4. The molecule has 0 unspecified atom stereocenters. The Kier molecular flexibility index (Phi) is 7.26. The van der Waals surface area contributed by atoms with Gasteiger partial charge in [-0.1, -0.05) is 0 Å². The zero-order chi connectivity index (χ0) is 23.4. The first-order valence-electron chi connectivity index (χ1n) is 9.43. The molecule has 2 aromatic rings. The highest BCUT2D eigenvalue weighted by molar-refractivity contribution is 7.08. The van der Waals surface area contributed by atoms with Gasteiger partial charge in [0.2, 0.25) is 11.6 Å². The average Bonchev–Trinajstić information content (AvgIpc) is 3.50. The van der Waals surface area contributed by atoms with E-state index in [9.17, 15) is 29.4 Å². The van der Waals surface area contributed by atoms with Crippen LogP contribution >= 0.6 is 22.7 Å². The van der Waals surface area contributed by atoms with E-state index in [0.717, 1.165) is 0 Å². The Bertz CT molecular complexity index is 1000. The van der Waals surface area contributed by atoms with Gasteiger partial charge < -0.3 is 19.7 Å². The minimum atomic E-state index is -0.992. The minimum Gasteiger partial charge on any atom is -0.504 e. The van der Waals surface area contributed by atoms with Crippen molar-refractivity contribution < 1.29 is 38.9 Å². The lowest BCUT2D eigenvalue weighted by atomic mass is 9.76. The van der Waals surface area contributed by atoms with Gasteiger partial charge in [-0.15, -0.1) is 0 Å². The van der Waals surface area contributed by atoms with E-state index in [2.05, 4.69) is 0 Å². The number of hydrogen-bond acceptors (Lipinski definition) is 10. The molecule has 2 atom stereocenters. The maximum Gasteiger partial charge on any atom is 0.306 e. The minimum absolute atomic E-state index is 0.315. The predicted molar refractivity (Wildman–Crippen MR) is 117 cm³/mol. The van der Waals surface area contributed by atoms with Crippen molar-refractivity contribution in [3.63, 3.8) is 0 Å². The van der Waals surface area contributed by atoms with Crippen LogP contribution in [0.1, 0.15) is 35.8 Å². The fourth-order valence-electron chi connectivity index (χ4n) is 3.58. The summed E-state index contributed by atoms with van der Waals surface area (Å²) in [5, 5.41) is 28.4. The summed E-state index contributed by atoms with van der Waals surface area (Å²) >= 11 is 2.61. The number of rotatable bonds is 8. The van der Waals surface area contributed by atoms with E-state index in [0.29, 0.717) is 11.1 Å². The van der Waals surface area contributed by atoms with E-state index in [1.54, 1.807) is 33.7 Å². The Morgan fingerprint density at radius 3 is 1.47 bits per heavy atom. The fraction of sp³-hybridized carbons (Fsp3) is 0.273. The van der Waals surface area contributed by atoms with Crippen molar-refractivity contribution in [2.45, 2.75) is 24.7 Å². The molecule has 1 aliphatic carbocycles. The molecule has 0 radical (unpaired) electrons. The first kappa shape index (κ1) is 23.4. The average molecular weight is 477 g/mol. The summed E-state index contributed by atoms with van der Waals surface area (Å²) in [7, 11) is 2.37. The Morgan fingerprint density at radius 1 is 0.812 bits per heavy atom. The van der Waals surface area contributed by atoms with E-state index in [4.69, 9.17) is 9.47 Å². The van der Waals surface area contributed by atoms with Gasteiger partial charge in [0.05, 0.1) is 38.2 Å². The molecule has 0 amide bonds. The van der Waals surface area contributed by atoms with E-state index in [-0.39, 0.29) is 24.0 Å². The zero-order valence-electron chi connectivity index (χ0n) is 17.2. The molecule has 8 nitrogen and oxygen atoms in total. The molecule has 3 rings (SSSR count). The van der Waals surface area contributed by atoms with Crippen LogP contribution in [0.4, 0.5) is 0 Å². The largest absolute Gasteiger partial charge is 0.504 e. The number of aliphatic hydroxyl groups is 2. The van der Waals surface area contributed by atoms with Gasteiger partial charge >= 0.3 is 11.9 Å². The highest BCUT2D eigenvalue weighted by Gasteiger charge is 2.43. The molecule has 0 saturated heterocycles. The monoisotopic (exact) mass is 476 g/mol. The third-order valence-corrected chi connectivity index (χ3v) is 6.62.